The van der Waals surface area contributed by atoms with E-state index in [0.717, 1.165) is 11.1 Å². The minimum atomic E-state index is -3.92. The highest BCUT2D eigenvalue weighted by atomic mass is 35.5. The second-order valence-electron chi connectivity index (χ2n) is 4.51. The lowest BCUT2D eigenvalue weighted by molar-refractivity contribution is 0.306. The Morgan fingerprint density at radius 1 is 1.14 bits per heavy atom. The van der Waals surface area contributed by atoms with Crippen LogP contribution in [-0.4, -0.2) is 8.42 Å². The molecule has 0 spiro atoms. The number of sulfonamides is 1. The SMILES string of the molecule is Cc1cccc(COc2ccc(S(N)(=O)=O)c(Cl)c2Cl)c1. The third-order valence-electron chi connectivity index (χ3n) is 2.79. The summed E-state index contributed by atoms with van der Waals surface area (Å²) in [5.74, 6) is 0.301. The zero-order valence-electron chi connectivity index (χ0n) is 11.1. The standard InChI is InChI=1S/C14H13Cl2NO3S/c1-9-3-2-4-10(7-9)8-20-11-5-6-12(21(17,18)19)14(16)13(11)15/h2-7H,8H2,1H3,(H2,17,18,19). The van der Waals surface area contributed by atoms with Crippen molar-refractivity contribution in [2.75, 3.05) is 0 Å². The Morgan fingerprint density at radius 2 is 1.86 bits per heavy atom. The van der Waals surface area contributed by atoms with Crippen molar-refractivity contribution in [1.29, 1.82) is 0 Å². The molecule has 0 amide bonds. The molecule has 0 aliphatic carbocycles. The summed E-state index contributed by atoms with van der Waals surface area (Å²) in [7, 11) is -3.92. The highest BCUT2D eigenvalue weighted by molar-refractivity contribution is 7.89. The van der Waals surface area contributed by atoms with E-state index in [1.807, 2.05) is 31.2 Å². The van der Waals surface area contributed by atoms with E-state index in [0.29, 0.717) is 12.4 Å². The van der Waals surface area contributed by atoms with Crippen molar-refractivity contribution in [2.24, 2.45) is 5.14 Å². The molecule has 0 unspecified atom stereocenters. The first-order valence-electron chi connectivity index (χ1n) is 5.98. The number of rotatable bonds is 4. The van der Waals surface area contributed by atoms with Gasteiger partial charge in [0.25, 0.3) is 0 Å². The molecule has 4 nitrogen and oxygen atoms in total. The molecule has 2 N–H and O–H groups in total. The molecule has 2 aromatic rings. The van der Waals surface area contributed by atoms with Crippen LogP contribution in [0.3, 0.4) is 0 Å². The Labute approximate surface area is 133 Å². The molecule has 0 radical (unpaired) electrons. The fraction of sp³-hybridized carbons (Fsp3) is 0.143. The van der Waals surface area contributed by atoms with Gasteiger partial charge >= 0.3 is 0 Å². The van der Waals surface area contributed by atoms with E-state index in [1.165, 1.54) is 12.1 Å². The molecule has 0 aromatic heterocycles. The van der Waals surface area contributed by atoms with Crippen LogP contribution in [0.1, 0.15) is 11.1 Å². The Morgan fingerprint density at radius 3 is 2.48 bits per heavy atom. The van der Waals surface area contributed by atoms with Gasteiger partial charge in [-0.1, -0.05) is 53.0 Å². The maximum Gasteiger partial charge on any atom is 0.239 e. The van der Waals surface area contributed by atoms with Gasteiger partial charge in [0, 0.05) is 0 Å². The van der Waals surface area contributed by atoms with E-state index in [4.69, 9.17) is 33.1 Å². The van der Waals surface area contributed by atoms with E-state index in [2.05, 4.69) is 0 Å². The van der Waals surface area contributed by atoms with Gasteiger partial charge in [0.05, 0.1) is 5.02 Å². The molecule has 21 heavy (non-hydrogen) atoms. The lowest BCUT2D eigenvalue weighted by Gasteiger charge is -2.11. The van der Waals surface area contributed by atoms with E-state index in [-0.39, 0.29) is 14.9 Å². The summed E-state index contributed by atoms with van der Waals surface area (Å²) < 4.78 is 28.2. The topological polar surface area (TPSA) is 69.4 Å². The van der Waals surface area contributed by atoms with E-state index in [9.17, 15) is 8.42 Å². The number of hydrogen-bond acceptors (Lipinski definition) is 3. The van der Waals surface area contributed by atoms with Crippen molar-refractivity contribution in [3.8, 4) is 5.75 Å². The lowest BCUT2D eigenvalue weighted by atomic mass is 10.1. The van der Waals surface area contributed by atoms with E-state index < -0.39 is 10.0 Å². The summed E-state index contributed by atoms with van der Waals surface area (Å²) in [6.45, 7) is 2.28. The lowest BCUT2D eigenvalue weighted by Crippen LogP contribution is -2.13. The van der Waals surface area contributed by atoms with Crippen molar-refractivity contribution >= 4 is 33.2 Å². The van der Waals surface area contributed by atoms with Crippen molar-refractivity contribution in [1.82, 2.24) is 0 Å². The summed E-state index contributed by atoms with van der Waals surface area (Å²) in [6.07, 6.45) is 0. The molecule has 0 aliphatic rings. The highest BCUT2D eigenvalue weighted by Crippen LogP contribution is 2.36. The predicted molar refractivity (Wildman–Crippen MR) is 83.3 cm³/mol. The Hall–Kier alpha value is -1.27. The number of halogens is 2. The average Bonchev–Trinajstić information content (AvgIpc) is 2.39. The third kappa shape index (κ3) is 3.89. The van der Waals surface area contributed by atoms with Crippen LogP contribution in [-0.2, 0) is 16.6 Å². The second-order valence-corrected chi connectivity index (χ2v) is 6.80. The van der Waals surface area contributed by atoms with Gasteiger partial charge in [0.15, 0.2) is 0 Å². The van der Waals surface area contributed by atoms with E-state index in [1.54, 1.807) is 0 Å². The number of aryl methyl sites for hydroxylation is 1. The van der Waals surface area contributed by atoms with Gasteiger partial charge in [0.2, 0.25) is 10.0 Å². The van der Waals surface area contributed by atoms with Crippen molar-refractivity contribution in [3.63, 3.8) is 0 Å². The molecule has 0 saturated heterocycles. The van der Waals surface area contributed by atoms with Gasteiger partial charge in [-0.05, 0) is 24.6 Å². The van der Waals surface area contributed by atoms with Gasteiger partial charge in [-0.15, -0.1) is 0 Å². The number of benzene rings is 2. The smallest absolute Gasteiger partial charge is 0.239 e. The summed E-state index contributed by atoms with van der Waals surface area (Å²) >= 11 is 11.9. The van der Waals surface area contributed by atoms with E-state index >= 15 is 0 Å². The zero-order chi connectivity index (χ0) is 15.6. The maximum absolute atomic E-state index is 11.3. The van der Waals surface area contributed by atoms with Crippen LogP contribution in [0.15, 0.2) is 41.3 Å². The summed E-state index contributed by atoms with van der Waals surface area (Å²) in [4.78, 5) is -0.225. The molecule has 2 rings (SSSR count). The first-order valence-corrected chi connectivity index (χ1v) is 8.28. The van der Waals surface area contributed by atoms with Crippen LogP contribution in [0, 0.1) is 6.92 Å². The predicted octanol–water partition coefficient (Wildman–Crippen LogP) is 3.53. The molecule has 0 aliphatic heterocycles. The summed E-state index contributed by atoms with van der Waals surface area (Å²) in [6, 6.07) is 10.5. The normalized spacial score (nSPS) is 11.4. The Kier molecular flexibility index (Phi) is 4.78. The highest BCUT2D eigenvalue weighted by Gasteiger charge is 2.18. The summed E-state index contributed by atoms with van der Waals surface area (Å²) in [5, 5.41) is 4.93. The Bertz CT molecular complexity index is 776. The molecular weight excluding hydrogens is 333 g/mol. The van der Waals surface area contributed by atoms with Gasteiger partial charge in [-0.2, -0.15) is 0 Å². The van der Waals surface area contributed by atoms with Gasteiger partial charge in [0.1, 0.15) is 22.3 Å². The fourth-order valence-corrected chi connectivity index (χ4v) is 3.17. The van der Waals surface area contributed by atoms with Crippen molar-refractivity contribution in [2.45, 2.75) is 18.4 Å². The molecule has 7 heteroatoms. The zero-order valence-corrected chi connectivity index (χ0v) is 13.5. The quantitative estimate of drug-likeness (QED) is 0.921. The van der Waals surface area contributed by atoms with Crippen LogP contribution < -0.4 is 9.88 Å². The van der Waals surface area contributed by atoms with Crippen LogP contribution in [0.2, 0.25) is 10.0 Å². The third-order valence-corrected chi connectivity index (χ3v) is 4.72. The number of hydrogen-bond donors (Lipinski definition) is 1. The van der Waals surface area contributed by atoms with Crippen LogP contribution >= 0.6 is 23.2 Å². The largest absolute Gasteiger partial charge is 0.487 e. The number of primary sulfonamides is 1. The first-order chi connectivity index (χ1) is 9.79. The average molecular weight is 346 g/mol. The molecule has 112 valence electrons. The summed E-state index contributed by atoms with van der Waals surface area (Å²) in [5.41, 5.74) is 2.09. The number of nitrogens with two attached hydrogens (primary N) is 1. The van der Waals surface area contributed by atoms with Gasteiger partial charge in [-0.25, -0.2) is 13.6 Å². The van der Waals surface area contributed by atoms with Crippen LogP contribution in [0.5, 0.6) is 5.75 Å². The fourth-order valence-electron chi connectivity index (χ4n) is 1.81. The number of ether oxygens (including phenoxy) is 1. The molecule has 0 heterocycles. The minimum absolute atomic E-state index is 0.0239. The van der Waals surface area contributed by atoms with Gasteiger partial charge in [-0.3, -0.25) is 0 Å². The van der Waals surface area contributed by atoms with Crippen molar-refractivity contribution < 1.29 is 13.2 Å². The Balaban J connectivity index is 2.24. The molecule has 0 fully saturated rings. The molecular formula is C14H13Cl2NO3S. The maximum atomic E-state index is 11.3. The first kappa shape index (κ1) is 16.1. The van der Waals surface area contributed by atoms with Crippen LogP contribution in [0.25, 0.3) is 0 Å². The van der Waals surface area contributed by atoms with Gasteiger partial charge < -0.3 is 4.74 Å². The van der Waals surface area contributed by atoms with Crippen LogP contribution in [0.4, 0.5) is 0 Å². The minimum Gasteiger partial charge on any atom is -0.487 e. The second kappa shape index (κ2) is 6.23. The van der Waals surface area contributed by atoms with Crippen molar-refractivity contribution in [3.05, 3.63) is 57.6 Å². The molecule has 0 saturated carbocycles. The monoisotopic (exact) mass is 345 g/mol. The molecule has 0 bridgehead atoms. The molecule has 0 atom stereocenters. The molecule has 2 aromatic carbocycles.